The summed E-state index contributed by atoms with van der Waals surface area (Å²) in [6.45, 7) is 5.03. The first kappa shape index (κ1) is 40.5. The average molecular weight is 761 g/mol. The van der Waals surface area contributed by atoms with Gasteiger partial charge in [0, 0.05) is 0 Å². The van der Waals surface area contributed by atoms with Crippen LogP contribution < -0.4 is 5.32 Å². The van der Waals surface area contributed by atoms with Gasteiger partial charge < -0.3 is 84.4 Å². The van der Waals surface area contributed by atoms with Crippen molar-refractivity contribution in [1.29, 1.82) is 0 Å². The Hall–Kier alpha value is -0.300. The third-order valence-corrected chi connectivity index (χ3v) is 9.47. The summed E-state index contributed by atoms with van der Waals surface area (Å²) in [5, 5.41) is 97.8. The molecule has 48 heavy (non-hydrogen) atoms. The number of nitrogens with one attached hydrogen (secondary N) is 1. The van der Waals surface area contributed by atoms with Crippen LogP contribution in [0.5, 0.6) is 0 Å². The Morgan fingerprint density at radius 2 is 1.06 bits per heavy atom. The molecule has 4 fully saturated rings. The van der Waals surface area contributed by atoms with Gasteiger partial charge in [-0.15, -0.1) is 0 Å². The van der Waals surface area contributed by atoms with Crippen molar-refractivity contribution in [2.75, 3.05) is 6.61 Å². The molecule has 0 aromatic carbocycles. The zero-order valence-electron chi connectivity index (χ0n) is 26.2. The monoisotopic (exact) mass is 759 g/mol. The van der Waals surface area contributed by atoms with Crippen molar-refractivity contribution < 1.29 is 83.9 Å². The number of halogens is 3. The van der Waals surface area contributed by atoms with Crippen LogP contribution in [0.15, 0.2) is 0 Å². The Morgan fingerprint density at radius 3 is 1.62 bits per heavy atom. The fourth-order valence-corrected chi connectivity index (χ4v) is 6.16. The van der Waals surface area contributed by atoms with Crippen LogP contribution in [-0.2, 0) is 38.0 Å². The molecule has 21 heteroatoms. The average Bonchev–Trinajstić information content (AvgIpc) is 3.02. The highest BCUT2D eigenvalue weighted by molar-refractivity contribution is 6.76. The van der Waals surface area contributed by atoms with Gasteiger partial charge in [-0.05, 0) is 27.7 Å². The van der Waals surface area contributed by atoms with Crippen LogP contribution in [0.4, 0.5) is 0 Å². The van der Waals surface area contributed by atoms with Crippen molar-refractivity contribution in [1.82, 2.24) is 5.32 Å². The Labute approximate surface area is 290 Å². The molecule has 0 aromatic rings. The lowest BCUT2D eigenvalue weighted by Crippen LogP contribution is -2.68. The summed E-state index contributed by atoms with van der Waals surface area (Å²) < 4.78 is 37.7. The van der Waals surface area contributed by atoms with E-state index in [-0.39, 0.29) is 0 Å². The second-order valence-electron chi connectivity index (χ2n) is 12.4. The number of ether oxygens (including phenoxy) is 7. The van der Waals surface area contributed by atoms with Gasteiger partial charge >= 0.3 is 0 Å². The molecule has 0 saturated carbocycles. The van der Waals surface area contributed by atoms with Crippen LogP contribution in [0.2, 0.25) is 0 Å². The summed E-state index contributed by atoms with van der Waals surface area (Å²) in [6, 6.07) is -1.22. The highest BCUT2D eigenvalue weighted by atomic mass is 35.6. The molecular formula is C27H44Cl3NO17. The minimum atomic E-state index is -2.41. The van der Waals surface area contributed by atoms with Crippen molar-refractivity contribution in [3.63, 3.8) is 0 Å². The molecule has 0 aromatic heterocycles. The molecule has 10 N–H and O–H groups in total. The molecule has 0 spiro atoms. The lowest BCUT2D eigenvalue weighted by atomic mass is 9.92. The number of aliphatic hydroxyl groups excluding tert-OH is 9. The zero-order chi connectivity index (χ0) is 36.0. The molecule has 0 radical (unpaired) electrons. The molecule has 1 amide bonds. The van der Waals surface area contributed by atoms with E-state index in [0.29, 0.717) is 0 Å². The zero-order valence-corrected chi connectivity index (χ0v) is 28.4. The van der Waals surface area contributed by atoms with Crippen molar-refractivity contribution in [3.05, 3.63) is 0 Å². The second kappa shape index (κ2) is 16.2. The summed E-state index contributed by atoms with van der Waals surface area (Å²) in [6.07, 6.45) is -28.5. The molecule has 4 rings (SSSR count). The normalized spacial score (nSPS) is 50.6. The van der Waals surface area contributed by atoms with Gasteiger partial charge in [0.25, 0.3) is 9.70 Å². The number of carbonyl (C=O) groups excluding carboxylic acids is 1. The van der Waals surface area contributed by atoms with E-state index in [0.717, 1.165) is 0 Å². The van der Waals surface area contributed by atoms with Crippen LogP contribution >= 0.6 is 34.8 Å². The van der Waals surface area contributed by atoms with E-state index in [1.54, 1.807) is 0 Å². The number of aliphatic hydroxyl groups is 9. The van der Waals surface area contributed by atoms with Crippen molar-refractivity contribution in [3.8, 4) is 0 Å². The largest absolute Gasteiger partial charge is 0.394 e. The van der Waals surface area contributed by atoms with E-state index < -0.39 is 139 Å². The summed E-state index contributed by atoms with van der Waals surface area (Å²) in [4.78, 5) is 12.5. The molecule has 4 saturated heterocycles. The predicted molar refractivity (Wildman–Crippen MR) is 159 cm³/mol. The van der Waals surface area contributed by atoms with Crippen molar-refractivity contribution >= 4 is 40.7 Å². The maximum atomic E-state index is 12.5. The van der Waals surface area contributed by atoms with Crippen molar-refractivity contribution in [2.45, 2.75) is 154 Å². The maximum absolute atomic E-state index is 12.5. The molecule has 20 atom stereocenters. The van der Waals surface area contributed by atoms with Crippen molar-refractivity contribution in [2.24, 2.45) is 0 Å². The fourth-order valence-electron chi connectivity index (χ4n) is 6.00. The molecule has 4 aliphatic rings. The van der Waals surface area contributed by atoms with E-state index in [4.69, 9.17) is 68.0 Å². The number of carbonyl (C=O) groups is 1. The Bertz CT molecular complexity index is 1080. The van der Waals surface area contributed by atoms with Gasteiger partial charge in [-0.1, -0.05) is 34.8 Å². The van der Waals surface area contributed by atoms with E-state index in [9.17, 15) is 50.8 Å². The number of amides is 1. The molecule has 4 heterocycles. The Kier molecular flexibility index (Phi) is 13.6. The van der Waals surface area contributed by atoms with Crippen LogP contribution in [0.1, 0.15) is 27.7 Å². The summed E-state index contributed by atoms with van der Waals surface area (Å²) in [7, 11) is 0. The summed E-state index contributed by atoms with van der Waals surface area (Å²) in [5.74, 6) is -1.09. The molecule has 18 nitrogen and oxygen atoms in total. The SMILES string of the molecule is CC1O[C@@H](OC2[C@H](O[C@@H]3C(O)[C@H](O[C@@H]4C(NC(=O)C(Cl)(Cl)Cl)[C@H](C)OC(CO)[C@H]4O)OC(C)[C@@H]3O)OC(C)[C@H](O)[C@@H]2O)C(O)[C@@H](O)[C@H]1O. The molecule has 280 valence electrons. The Morgan fingerprint density at radius 1 is 0.583 bits per heavy atom. The molecule has 8 unspecified atom stereocenters. The summed E-state index contributed by atoms with van der Waals surface area (Å²) in [5.41, 5.74) is 0. The standard InChI is InChI=1S/C27H44Cl3NO17/c1-6-11(31-26(41)27(28,29)30)20(15(36)10(5-32)42-6)46-24-19(40)21(14(35)9(4)44-24)47-25-22(17(38)13(34)8(3)45-25)48-23-18(39)16(37)12(33)7(2)43-23/h6-25,32-40H,5H2,1-4H3,(H,31,41)/t6-,7?,8?,9?,10?,11?,12-,13-,14-,15+,16-,17-,18?,19?,20+,21-,22?,23-,24-,25-/m0/s1. The van der Waals surface area contributed by atoms with Gasteiger partial charge in [0.2, 0.25) is 0 Å². The van der Waals surface area contributed by atoms with Gasteiger partial charge in [0.05, 0.1) is 37.1 Å². The van der Waals surface area contributed by atoms with Gasteiger partial charge in [-0.3, -0.25) is 4.79 Å². The van der Waals surface area contributed by atoms with Crippen LogP contribution in [-0.4, -0.2) is 185 Å². The first-order valence-electron chi connectivity index (χ1n) is 15.3. The number of hydrogen-bond acceptors (Lipinski definition) is 17. The van der Waals surface area contributed by atoms with Crippen LogP contribution in [0.25, 0.3) is 0 Å². The topological polar surface area (TPSA) is 276 Å². The summed E-state index contributed by atoms with van der Waals surface area (Å²) >= 11 is 17.1. The van der Waals surface area contributed by atoms with Gasteiger partial charge in [-0.25, -0.2) is 0 Å². The van der Waals surface area contributed by atoms with E-state index >= 15 is 0 Å². The molecule has 0 aliphatic carbocycles. The molecule has 4 aliphatic heterocycles. The lowest BCUT2D eigenvalue weighted by Gasteiger charge is -2.49. The smallest absolute Gasteiger partial charge is 0.272 e. The third kappa shape index (κ3) is 8.49. The van der Waals surface area contributed by atoms with E-state index in [2.05, 4.69) is 5.32 Å². The number of hydrogen-bond donors (Lipinski definition) is 10. The Balaban J connectivity index is 1.57. The minimum absolute atomic E-state index is 0.660. The van der Waals surface area contributed by atoms with Crippen LogP contribution in [0, 0.1) is 0 Å². The molecule has 0 bridgehead atoms. The molecular weight excluding hydrogens is 717 g/mol. The number of rotatable bonds is 8. The maximum Gasteiger partial charge on any atom is 0.272 e. The number of alkyl halides is 3. The third-order valence-electron chi connectivity index (χ3n) is 8.95. The quantitative estimate of drug-likeness (QED) is 0.105. The van der Waals surface area contributed by atoms with Gasteiger partial charge in [0.1, 0.15) is 73.2 Å². The first-order valence-corrected chi connectivity index (χ1v) is 16.4. The highest BCUT2D eigenvalue weighted by Gasteiger charge is 2.55. The second-order valence-corrected chi connectivity index (χ2v) is 14.7. The predicted octanol–water partition coefficient (Wildman–Crippen LogP) is -4.10. The van der Waals surface area contributed by atoms with Gasteiger partial charge in [-0.2, -0.15) is 0 Å². The minimum Gasteiger partial charge on any atom is -0.394 e. The fraction of sp³-hybridized carbons (Fsp3) is 0.963. The first-order chi connectivity index (χ1) is 22.3. The van der Waals surface area contributed by atoms with E-state index in [1.165, 1.54) is 27.7 Å². The van der Waals surface area contributed by atoms with Gasteiger partial charge in [0.15, 0.2) is 18.9 Å². The highest BCUT2D eigenvalue weighted by Crippen LogP contribution is 2.35. The van der Waals surface area contributed by atoms with Crippen LogP contribution in [0.3, 0.4) is 0 Å². The van der Waals surface area contributed by atoms with E-state index in [1.807, 2.05) is 0 Å². The lowest BCUT2D eigenvalue weighted by molar-refractivity contribution is -0.387.